The highest BCUT2D eigenvalue weighted by Crippen LogP contribution is 2.26. The van der Waals surface area contributed by atoms with Crippen molar-refractivity contribution in [3.63, 3.8) is 0 Å². The first kappa shape index (κ1) is 18.8. The van der Waals surface area contributed by atoms with E-state index in [0.29, 0.717) is 5.69 Å². The van der Waals surface area contributed by atoms with E-state index in [4.69, 9.17) is 21.6 Å². The Balaban J connectivity index is 2.41. The van der Waals surface area contributed by atoms with Gasteiger partial charge in [0.05, 0.1) is 21.2 Å². The Morgan fingerprint density at radius 3 is 2.48 bits per heavy atom. The summed E-state index contributed by atoms with van der Waals surface area (Å²) in [4.78, 5) is 12.0. The summed E-state index contributed by atoms with van der Waals surface area (Å²) in [5, 5.41) is 8.76. The quantitative estimate of drug-likeness (QED) is 0.745. The van der Waals surface area contributed by atoms with E-state index in [1.54, 1.807) is 36.4 Å². The molecule has 130 valence electrons. The lowest BCUT2D eigenvalue weighted by molar-refractivity contribution is 0.0435. The third-order valence-corrected chi connectivity index (χ3v) is 5.51. The average molecular weight is 379 g/mol. The van der Waals surface area contributed by atoms with E-state index in [-0.39, 0.29) is 15.5 Å². The first-order valence-electron chi connectivity index (χ1n) is 7.21. The minimum absolute atomic E-state index is 0.0384. The Kier molecular flexibility index (Phi) is 5.67. The normalized spacial score (nSPS) is 12.1. The van der Waals surface area contributed by atoms with Crippen LogP contribution in [0.2, 0.25) is 5.02 Å². The number of hydrogen-bond acceptors (Lipinski definition) is 5. The Bertz CT molecular complexity index is 923. The predicted molar refractivity (Wildman–Crippen MR) is 94.0 cm³/mol. The van der Waals surface area contributed by atoms with Gasteiger partial charge in [0.25, 0.3) is 10.0 Å². The van der Waals surface area contributed by atoms with Crippen molar-refractivity contribution in [1.82, 2.24) is 0 Å². The van der Waals surface area contributed by atoms with Crippen molar-refractivity contribution in [3.05, 3.63) is 59.1 Å². The minimum atomic E-state index is -3.90. The van der Waals surface area contributed by atoms with Gasteiger partial charge in [-0.2, -0.15) is 5.26 Å². The molecule has 0 unspecified atom stereocenters. The molecule has 0 heterocycles. The van der Waals surface area contributed by atoms with Crippen LogP contribution >= 0.6 is 11.6 Å². The number of anilines is 1. The molecule has 0 amide bonds. The predicted octanol–water partition coefficient (Wildman–Crippen LogP) is 3.23. The highest BCUT2D eigenvalue weighted by atomic mass is 35.5. The van der Waals surface area contributed by atoms with Crippen LogP contribution in [0, 0.1) is 11.3 Å². The molecule has 25 heavy (non-hydrogen) atoms. The molecule has 0 bridgehead atoms. The van der Waals surface area contributed by atoms with Gasteiger partial charge in [0.15, 0.2) is 6.10 Å². The van der Waals surface area contributed by atoms with Crippen molar-refractivity contribution in [2.75, 3.05) is 11.4 Å². The van der Waals surface area contributed by atoms with Crippen molar-refractivity contribution in [2.24, 2.45) is 0 Å². The molecule has 8 heteroatoms. The van der Waals surface area contributed by atoms with Crippen LogP contribution in [0.3, 0.4) is 0 Å². The minimum Gasteiger partial charge on any atom is -0.444 e. The van der Waals surface area contributed by atoms with Crippen molar-refractivity contribution in [3.8, 4) is 6.07 Å². The molecule has 0 fully saturated rings. The molecule has 0 aliphatic carbocycles. The second kappa shape index (κ2) is 7.55. The SMILES string of the molecule is C[C@H](C#N)OC(=O)c1cc(S(=O)(=O)N(C)c2ccccc2)ccc1Cl. The Morgan fingerprint density at radius 2 is 1.88 bits per heavy atom. The monoisotopic (exact) mass is 378 g/mol. The molecule has 2 aromatic carbocycles. The van der Waals surface area contributed by atoms with E-state index in [1.165, 1.54) is 26.1 Å². The van der Waals surface area contributed by atoms with E-state index < -0.39 is 22.1 Å². The van der Waals surface area contributed by atoms with Gasteiger partial charge in [-0.1, -0.05) is 29.8 Å². The zero-order chi connectivity index (χ0) is 18.6. The first-order valence-corrected chi connectivity index (χ1v) is 9.03. The Morgan fingerprint density at radius 1 is 1.24 bits per heavy atom. The molecule has 2 rings (SSSR count). The topological polar surface area (TPSA) is 87.5 Å². The molecule has 0 N–H and O–H groups in total. The molecule has 6 nitrogen and oxygen atoms in total. The van der Waals surface area contributed by atoms with Crippen LogP contribution in [0.5, 0.6) is 0 Å². The molecular formula is C17H15ClN2O4S. The van der Waals surface area contributed by atoms with E-state index >= 15 is 0 Å². The maximum Gasteiger partial charge on any atom is 0.340 e. The van der Waals surface area contributed by atoms with Crippen molar-refractivity contribution in [2.45, 2.75) is 17.9 Å². The van der Waals surface area contributed by atoms with Crippen LogP contribution in [0.25, 0.3) is 0 Å². The molecule has 0 aliphatic heterocycles. The van der Waals surface area contributed by atoms with Gasteiger partial charge in [0, 0.05) is 7.05 Å². The summed E-state index contributed by atoms with van der Waals surface area (Å²) in [6.07, 6.45) is -0.976. The van der Waals surface area contributed by atoms with Crippen LogP contribution in [-0.2, 0) is 14.8 Å². The number of benzene rings is 2. The van der Waals surface area contributed by atoms with Crippen LogP contribution in [0.4, 0.5) is 5.69 Å². The number of nitriles is 1. The van der Waals surface area contributed by atoms with Crippen LogP contribution in [0.15, 0.2) is 53.4 Å². The van der Waals surface area contributed by atoms with Gasteiger partial charge in [0.1, 0.15) is 6.07 Å². The molecule has 0 aliphatic rings. The molecular weight excluding hydrogens is 364 g/mol. The first-order chi connectivity index (χ1) is 11.8. The van der Waals surface area contributed by atoms with E-state index in [1.807, 2.05) is 0 Å². The second-order valence-corrected chi connectivity index (χ2v) is 7.50. The zero-order valence-corrected chi connectivity index (χ0v) is 15.1. The summed E-state index contributed by atoms with van der Waals surface area (Å²) in [6, 6.07) is 14.0. The highest BCUT2D eigenvalue weighted by molar-refractivity contribution is 7.92. The van der Waals surface area contributed by atoms with Gasteiger partial charge >= 0.3 is 5.97 Å². The molecule has 0 saturated heterocycles. The third kappa shape index (κ3) is 4.10. The van der Waals surface area contributed by atoms with E-state index in [9.17, 15) is 13.2 Å². The van der Waals surface area contributed by atoms with Crippen molar-refractivity contribution >= 4 is 33.3 Å². The molecule has 0 aromatic heterocycles. The van der Waals surface area contributed by atoms with E-state index in [2.05, 4.69) is 0 Å². The number of esters is 1. The standard InChI is InChI=1S/C17H15ClN2O4S/c1-12(11-19)24-17(21)15-10-14(8-9-16(15)18)25(22,23)20(2)13-6-4-3-5-7-13/h3-10,12H,1-2H3/t12-/m1/s1. The molecule has 2 aromatic rings. The lowest BCUT2D eigenvalue weighted by Crippen LogP contribution is -2.26. The number of carbonyl (C=O) groups is 1. The van der Waals surface area contributed by atoms with Gasteiger partial charge in [0.2, 0.25) is 0 Å². The fourth-order valence-electron chi connectivity index (χ4n) is 2.01. The Hall–Kier alpha value is -2.56. The fourth-order valence-corrected chi connectivity index (χ4v) is 3.42. The van der Waals surface area contributed by atoms with Crippen LogP contribution < -0.4 is 4.31 Å². The lowest BCUT2D eigenvalue weighted by atomic mass is 10.2. The number of sulfonamides is 1. The maximum absolute atomic E-state index is 12.8. The molecule has 1 atom stereocenters. The van der Waals surface area contributed by atoms with Gasteiger partial charge in [-0.15, -0.1) is 0 Å². The summed E-state index contributed by atoms with van der Waals surface area (Å²) in [6.45, 7) is 1.40. The van der Waals surface area contributed by atoms with Crippen molar-refractivity contribution in [1.29, 1.82) is 5.26 Å². The summed E-state index contributed by atoms with van der Waals surface area (Å²) in [5.74, 6) is -0.863. The number of carbonyl (C=O) groups excluding carboxylic acids is 1. The molecule has 0 radical (unpaired) electrons. The lowest BCUT2D eigenvalue weighted by Gasteiger charge is -2.20. The van der Waals surface area contributed by atoms with Crippen LogP contribution in [0.1, 0.15) is 17.3 Å². The third-order valence-electron chi connectivity index (χ3n) is 3.40. The number of rotatable bonds is 5. The number of ether oxygens (including phenoxy) is 1. The number of nitrogens with zero attached hydrogens (tertiary/aromatic N) is 2. The molecule has 0 saturated carbocycles. The summed E-state index contributed by atoms with van der Waals surface area (Å²) in [7, 11) is -2.49. The second-order valence-electron chi connectivity index (χ2n) is 5.13. The van der Waals surface area contributed by atoms with Gasteiger partial charge in [-0.3, -0.25) is 4.31 Å². The number of para-hydroxylation sites is 1. The van der Waals surface area contributed by atoms with Gasteiger partial charge in [-0.05, 0) is 37.3 Å². The van der Waals surface area contributed by atoms with Gasteiger partial charge in [-0.25, -0.2) is 13.2 Å². The summed E-state index contributed by atoms with van der Waals surface area (Å²) >= 11 is 5.97. The maximum atomic E-state index is 12.8. The average Bonchev–Trinajstić information content (AvgIpc) is 2.61. The highest BCUT2D eigenvalue weighted by Gasteiger charge is 2.24. The van der Waals surface area contributed by atoms with Crippen LogP contribution in [-0.4, -0.2) is 27.5 Å². The number of hydrogen-bond donors (Lipinski definition) is 0. The summed E-state index contributed by atoms with van der Waals surface area (Å²) in [5.41, 5.74) is 0.353. The largest absolute Gasteiger partial charge is 0.444 e. The number of halogens is 1. The molecule has 0 spiro atoms. The van der Waals surface area contributed by atoms with E-state index in [0.717, 1.165) is 10.4 Å². The fraction of sp³-hybridized carbons (Fsp3) is 0.176. The smallest absolute Gasteiger partial charge is 0.340 e. The zero-order valence-electron chi connectivity index (χ0n) is 13.5. The summed E-state index contributed by atoms with van der Waals surface area (Å²) < 4.78 is 31.5. The Labute approximate surface area is 151 Å². The van der Waals surface area contributed by atoms with Gasteiger partial charge < -0.3 is 4.74 Å². The van der Waals surface area contributed by atoms with Crippen molar-refractivity contribution < 1.29 is 17.9 Å².